The van der Waals surface area contributed by atoms with Gasteiger partial charge in [-0.2, -0.15) is 18.3 Å². The Labute approximate surface area is 194 Å². The number of nitrogens with zero attached hydrogens (tertiary/aromatic N) is 5. The molecule has 2 aromatic rings. The average Bonchev–Trinajstić information content (AvgIpc) is 3.12. The van der Waals surface area contributed by atoms with Gasteiger partial charge in [0.15, 0.2) is 11.0 Å². The highest BCUT2D eigenvalue weighted by Gasteiger charge is 2.57. The van der Waals surface area contributed by atoms with E-state index in [1.807, 2.05) is 11.6 Å². The molecule has 2 atom stereocenters. The molecule has 1 aliphatic heterocycles. The van der Waals surface area contributed by atoms with E-state index < -0.39 is 11.7 Å². The molecule has 0 unspecified atom stereocenters. The molecule has 2 fully saturated rings. The molecule has 32 heavy (non-hydrogen) atoms. The summed E-state index contributed by atoms with van der Waals surface area (Å²) in [5, 5.41) is 14.1. The lowest BCUT2D eigenvalue weighted by molar-refractivity contribution is -0.137. The maximum absolute atomic E-state index is 12.8. The highest BCUT2D eigenvalue weighted by atomic mass is 32.2. The molecule has 0 bridgehead atoms. The molecule has 2 aliphatic rings. The molecule has 1 saturated heterocycles. The molecule has 1 aromatic heterocycles. The Hall–Kier alpha value is -1.98. The fraction of sp³-hybridized carbons (Fsp3) is 0.524. The topological polar surface area (TPSA) is 72.3 Å². The first-order chi connectivity index (χ1) is 15.3. The molecular formula is C21H25F3N6S2. The third-order valence-corrected chi connectivity index (χ3v) is 7.79. The first kappa shape index (κ1) is 23.2. The molecule has 1 saturated carbocycles. The maximum atomic E-state index is 12.8. The molecule has 172 valence electrons. The lowest BCUT2D eigenvalue weighted by Gasteiger charge is -2.16. The van der Waals surface area contributed by atoms with E-state index in [-0.39, 0.29) is 5.41 Å². The number of hydrazone groups is 1. The maximum Gasteiger partial charge on any atom is 0.416 e. The second-order valence-electron chi connectivity index (χ2n) is 8.46. The predicted octanol–water partition coefficient (Wildman–Crippen LogP) is 3.86. The van der Waals surface area contributed by atoms with Gasteiger partial charge in [-0.25, -0.2) is 0 Å². The summed E-state index contributed by atoms with van der Waals surface area (Å²) in [7, 11) is 1.86. The number of halogens is 3. The van der Waals surface area contributed by atoms with Gasteiger partial charge in [0.05, 0.1) is 5.56 Å². The van der Waals surface area contributed by atoms with Gasteiger partial charge in [-0.1, -0.05) is 36.1 Å². The van der Waals surface area contributed by atoms with E-state index in [4.69, 9.17) is 18.1 Å². The Morgan fingerprint density at radius 1 is 1.34 bits per heavy atom. The standard InChI is InChI=1S/C21H25F3N6S2/c1-29-18(17(12-31)26-25)27-28-19(29)32-10-2-8-30-9-7-20(13-30)11-16(20)14-3-5-15(6-4-14)21(22,23)24/h3-6,12,16H,2,7-11,13,25H2,1H3/t16-,20+/m1/s1. The second kappa shape index (κ2) is 9.11. The number of thioether (sulfide) groups is 1. The molecule has 1 spiro atoms. The zero-order chi connectivity index (χ0) is 22.9. The number of hydrogen-bond donors (Lipinski definition) is 1. The van der Waals surface area contributed by atoms with Crippen LogP contribution in [-0.2, 0) is 13.2 Å². The smallest absolute Gasteiger partial charge is 0.323 e. The molecule has 2 heterocycles. The first-order valence-corrected chi connectivity index (χ1v) is 11.9. The Balaban J connectivity index is 1.23. The summed E-state index contributed by atoms with van der Waals surface area (Å²) in [5.41, 5.74) is 1.12. The van der Waals surface area contributed by atoms with Gasteiger partial charge >= 0.3 is 6.18 Å². The van der Waals surface area contributed by atoms with Crippen LogP contribution in [0.2, 0.25) is 0 Å². The van der Waals surface area contributed by atoms with Crippen molar-refractivity contribution >= 4 is 35.1 Å². The van der Waals surface area contributed by atoms with E-state index in [0.717, 1.165) is 55.4 Å². The van der Waals surface area contributed by atoms with Gasteiger partial charge < -0.3 is 15.3 Å². The number of aromatic nitrogens is 3. The third kappa shape index (κ3) is 4.69. The normalized spacial score (nSPS) is 23.8. The Kier molecular flexibility index (Phi) is 6.60. The minimum absolute atomic E-state index is 0.240. The largest absolute Gasteiger partial charge is 0.416 e. The highest BCUT2D eigenvalue weighted by Crippen LogP contribution is 2.64. The molecule has 1 aromatic carbocycles. The van der Waals surface area contributed by atoms with Gasteiger partial charge in [-0.3, -0.25) is 0 Å². The van der Waals surface area contributed by atoms with Crippen LogP contribution in [0.15, 0.2) is 34.5 Å². The minimum Gasteiger partial charge on any atom is -0.323 e. The summed E-state index contributed by atoms with van der Waals surface area (Å²) in [6.07, 6.45) is -1.09. The summed E-state index contributed by atoms with van der Waals surface area (Å²) in [4.78, 5) is 2.47. The van der Waals surface area contributed by atoms with Gasteiger partial charge in [0.1, 0.15) is 5.71 Å². The van der Waals surface area contributed by atoms with Crippen LogP contribution in [0.1, 0.15) is 42.1 Å². The van der Waals surface area contributed by atoms with Gasteiger partial charge in [0.25, 0.3) is 0 Å². The minimum atomic E-state index is -4.28. The van der Waals surface area contributed by atoms with Crippen LogP contribution in [0.3, 0.4) is 0 Å². The molecule has 6 nitrogen and oxygen atoms in total. The number of hydrogen-bond acceptors (Lipinski definition) is 7. The summed E-state index contributed by atoms with van der Waals surface area (Å²) < 4.78 is 40.2. The Morgan fingerprint density at radius 3 is 2.75 bits per heavy atom. The molecule has 4 rings (SSSR count). The van der Waals surface area contributed by atoms with Crippen LogP contribution >= 0.6 is 24.0 Å². The lowest BCUT2D eigenvalue weighted by atomic mass is 9.97. The second-order valence-corrected chi connectivity index (χ2v) is 9.76. The van der Waals surface area contributed by atoms with E-state index in [0.29, 0.717) is 17.5 Å². The number of likely N-dealkylation sites (tertiary alicyclic amines) is 1. The molecule has 11 heteroatoms. The van der Waals surface area contributed by atoms with Crippen molar-refractivity contribution in [1.29, 1.82) is 0 Å². The van der Waals surface area contributed by atoms with Crippen LogP contribution in [0.5, 0.6) is 0 Å². The number of rotatable bonds is 8. The van der Waals surface area contributed by atoms with Crippen LogP contribution in [-0.4, -0.2) is 56.1 Å². The Bertz CT molecular complexity index is 1000. The zero-order valence-corrected chi connectivity index (χ0v) is 19.3. The molecular weight excluding hydrogens is 457 g/mol. The van der Waals surface area contributed by atoms with E-state index in [1.165, 1.54) is 17.5 Å². The van der Waals surface area contributed by atoms with Crippen molar-refractivity contribution in [2.24, 2.45) is 23.4 Å². The zero-order valence-electron chi connectivity index (χ0n) is 17.7. The lowest BCUT2D eigenvalue weighted by Crippen LogP contribution is -2.23. The van der Waals surface area contributed by atoms with Gasteiger partial charge in [-0.15, -0.1) is 10.2 Å². The van der Waals surface area contributed by atoms with Gasteiger partial charge in [-0.05, 0) is 61.4 Å². The van der Waals surface area contributed by atoms with E-state index in [2.05, 4.69) is 20.2 Å². The summed E-state index contributed by atoms with van der Waals surface area (Å²) in [6.45, 7) is 3.05. The van der Waals surface area contributed by atoms with E-state index in [1.54, 1.807) is 23.9 Å². The highest BCUT2D eigenvalue weighted by molar-refractivity contribution is 7.99. The van der Waals surface area contributed by atoms with E-state index in [9.17, 15) is 13.2 Å². The SMILES string of the molecule is Cn1c(SCCCN2CC[C@]3(C[C@@H]3c3ccc(C(F)(F)F)cc3)C2)nnc1C(C=S)=NN. The van der Waals surface area contributed by atoms with Gasteiger partial charge in [0.2, 0.25) is 0 Å². The first-order valence-electron chi connectivity index (χ1n) is 10.4. The molecule has 0 radical (unpaired) electrons. The average molecular weight is 483 g/mol. The summed E-state index contributed by atoms with van der Waals surface area (Å²) in [5.74, 6) is 7.17. The van der Waals surface area contributed by atoms with Crippen LogP contribution < -0.4 is 5.84 Å². The summed E-state index contributed by atoms with van der Waals surface area (Å²) >= 11 is 6.53. The number of benzene rings is 1. The fourth-order valence-electron chi connectivity index (χ4n) is 4.61. The monoisotopic (exact) mass is 482 g/mol. The molecule has 0 amide bonds. The quantitative estimate of drug-likeness (QED) is 0.154. The number of nitrogens with two attached hydrogens (primary N) is 1. The number of alkyl halides is 3. The van der Waals surface area contributed by atoms with Crippen LogP contribution in [0, 0.1) is 5.41 Å². The van der Waals surface area contributed by atoms with Crippen molar-refractivity contribution in [2.75, 3.05) is 25.4 Å². The third-order valence-electron chi connectivity index (χ3n) is 6.46. The van der Waals surface area contributed by atoms with Gasteiger partial charge in [0, 0.05) is 24.7 Å². The fourth-order valence-corrected chi connectivity index (χ4v) is 5.61. The number of thiocarbonyl (C=S) groups is 1. The predicted molar refractivity (Wildman–Crippen MR) is 123 cm³/mol. The van der Waals surface area contributed by atoms with E-state index >= 15 is 0 Å². The van der Waals surface area contributed by atoms with Crippen molar-refractivity contribution in [3.63, 3.8) is 0 Å². The van der Waals surface area contributed by atoms with Crippen molar-refractivity contribution in [2.45, 2.75) is 36.5 Å². The summed E-state index contributed by atoms with van der Waals surface area (Å²) in [6, 6.07) is 5.72. The van der Waals surface area contributed by atoms with Crippen molar-refractivity contribution in [3.05, 3.63) is 41.2 Å². The van der Waals surface area contributed by atoms with Crippen LogP contribution in [0.25, 0.3) is 0 Å². The Morgan fingerprint density at radius 2 is 2.09 bits per heavy atom. The molecule has 1 aliphatic carbocycles. The van der Waals surface area contributed by atoms with Crippen molar-refractivity contribution in [3.8, 4) is 0 Å². The van der Waals surface area contributed by atoms with Crippen molar-refractivity contribution < 1.29 is 13.2 Å². The van der Waals surface area contributed by atoms with Crippen molar-refractivity contribution in [1.82, 2.24) is 19.7 Å². The van der Waals surface area contributed by atoms with Crippen LogP contribution in [0.4, 0.5) is 13.2 Å². The molecule has 2 N–H and O–H groups in total.